The summed E-state index contributed by atoms with van der Waals surface area (Å²) in [7, 11) is 3.99. The van der Waals surface area contributed by atoms with Gasteiger partial charge in [-0.05, 0) is 36.5 Å². The van der Waals surface area contributed by atoms with Gasteiger partial charge in [0.15, 0.2) is 11.5 Å². The first-order chi connectivity index (χ1) is 22.0. The number of nitrogens with one attached hydrogen (secondary N) is 2. The van der Waals surface area contributed by atoms with E-state index in [9.17, 15) is 9.59 Å². The van der Waals surface area contributed by atoms with Crippen LogP contribution in [-0.2, 0) is 6.54 Å². The highest BCUT2D eigenvalue weighted by Gasteiger charge is 2.20. The van der Waals surface area contributed by atoms with Gasteiger partial charge in [0.25, 0.3) is 11.8 Å². The molecule has 0 unspecified atom stereocenters. The number of anilines is 1. The highest BCUT2D eigenvalue weighted by molar-refractivity contribution is 5.99. The third-order valence-corrected chi connectivity index (χ3v) is 7.88. The summed E-state index contributed by atoms with van der Waals surface area (Å²) in [6, 6.07) is 27.1. The molecule has 3 aromatic carbocycles. The van der Waals surface area contributed by atoms with E-state index in [1.165, 1.54) is 44.5 Å². The SMILES string of the molecule is CN(C)c1ccc(CNC(=O)c2cnoc2-c2ccccc2)cc1.O=C(NCC1CCCCC1)c1cnoc1-c1ccccc1. The van der Waals surface area contributed by atoms with Gasteiger partial charge in [-0.25, -0.2) is 0 Å². The summed E-state index contributed by atoms with van der Waals surface area (Å²) in [4.78, 5) is 26.8. The topological polar surface area (TPSA) is 114 Å². The maximum absolute atomic E-state index is 12.4. The van der Waals surface area contributed by atoms with Crippen LogP contribution in [0.15, 0.2) is 106 Å². The molecule has 0 spiro atoms. The van der Waals surface area contributed by atoms with Crippen LogP contribution < -0.4 is 15.5 Å². The van der Waals surface area contributed by atoms with Gasteiger partial charge in [-0.3, -0.25) is 9.59 Å². The molecule has 1 aliphatic carbocycles. The van der Waals surface area contributed by atoms with Crippen molar-refractivity contribution in [2.45, 2.75) is 38.6 Å². The van der Waals surface area contributed by atoms with Gasteiger partial charge >= 0.3 is 0 Å². The predicted octanol–water partition coefficient (Wildman–Crippen LogP) is 6.99. The van der Waals surface area contributed by atoms with Crippen molar-refractivity contribution in [3.05, 3.63) is 114 Å². The van der Waals surface area contributed by atoms with Crippen LogP contribution in [0.25, 0.3) is 22.6 Å². The van der Waals surface area contributed by atoms with Gasteiger partial charge in [-0.2, -0.15) is 0 Å². The standard InChI is InChI=1S/C19H19N3O2.C17H20N2O2/c1-22(2)16-10-8-14(9-11-16)12-20-19(23)17-13-21-24-18(17)15-6-4-3-5-7-15;20-17(18-11-13-7-3-1-4-8-13)15-12-19-21-16(15)14-9-5-2-6-10-14/h3-11,13H,12H2,1-2H3,(H,20,23);2,5-6,9-10,12-13H,1,3-4,7-8,11H2,(H,18,20). The minimum atomic E-state index is -0.202. The minimum absolute atomic E-state index is 0.0966. The molecule has 0 aliphatic heterocycles. The van der Waals surface area contributed by atoms with Crippen LogP contribution in [0.2, 0.25) is 0 Å². The predicted molar refractivity (Wildman–Crippen MR) is 175 cm³/mol. The third-order valence-electron chi connectivity index (χ3n) is 7.88. The van der Waals surface area contributed by atoms with Gasteiger partial charge in [0.05, 0.1) is 12.4 Å². The monoisotopic (exact) mass is 605 g/mol. The Morgan fingerprint density at radius 3 is 1.73 bits per heavy atom. The van der Waals surface area contributed by atoms with Gasteiger partial charge in [0.2, 0.25) is 0 Å². The Bertz CT molecular complexity index is 1640. The molecule has 232 valence electrons. The molecule has 5 aromatic rings. The minimum Gasteiger partial charge on any atom is -0.378 e. The second-order valence-corrected chi connectivity index (χ2v) is 11.3. The van der Waals surface area contributed by atoms with E-state index in [1.54, 1.807) is 0 Å². The first kappa shape index (κ1) is 31.3. The van der Waals surface area contributed by atoms with Gasteiger partial charge in [-0.15, -0.1) is 0 Å². The quantitative estimate of drug-likeness (QED) is 0.186. The number of hydrogen-bond acceptors (Lipinski definition) is 7. The van der Waals surface area contributed by atoms with E-state index in [0.29, 0.717) is 35.1 Å². The summed E-state index contributed by atoms with van der Waals surface area (Å²) in [5.41, 5.74) is 4.80. The number of rotatable bonds is 9. The maximum Gasteiger partial charge on any atom is 0.257 e. The fourth-order valence-electron chi connectivity index (χ4n) is 5.31. The highest BCUT2D eigenvalue weighted by Crippen LogP contribution is 2.26. The number of carbonyl (C=O) groups is 2. The molecule has 1 saturated carbocycles. The van der Waals surface area contributed by atoms with E-state index in [4.69, 9.17) is 9.05 Å². The zero-order chi connectivity index (χ0) is 31.4. The smallest absolute Gasteiger partial charge is 0.257 e. The number of hydrogen-bond donors (Lipinski definition) is 2. The van der Waals surface area contributed by atoms with Crippen LogP contribution in [-0.4, -0.2) is 42.8 Å². The summed E-state index contributed by atoms with van der Waals surface area (Å²) < 4.78 is 10.5. The zero-order valence-corrected chi connectivity index (χ0v) is 25.7. The summed E-state index contributed by atoms with van der Waals surface area (Å²) in [6.45, 7) is 1.20. The molecule has 2 N–H and O–H groups in total. The van der Waals surface area contributed by atoms with Crippen LogP contribution in [0.3, 0.4) is 0 Å². The molecule has 1 fully saturated rings. The van der Waals surface area contributed by atoms with E-state index < -0.39 is 0 Å². The molecule has 0 bridgehead atoms. The van der Waals surface area contributed by atoms with E-state index >= 15 is 0 Å². The second-order valence-electron chi connectivity index (χ2n) is 11.3. The Labute approximate surface area is 263 Å². The molecule has 2 aromatic heterocycles. The van der Waals surface area contributed by atoms with Crippen molar-refractivity contribution >= 4 is 17.5 Å². The fraction of sp³-hybridized carbons (Fsp3) is 0.278. The van der Waals surface area contributed by atoms with E-state index in [0.717, 1.165) is 28.9 Å². The number of nitrogens with zero attached hydrogens (tertiary/aromatic N) is 3. The third kappa shape index (κ3) is 8.47. The molecule has 0 atom stereocenters. The average molecular weight is 606 g/mol. The Balaban J connectivity index is 0.000000179. The van der Waals surface area contributed by atoms with Gasteiger partial charge in [0.1, 0.15) is 11.1 Å². The average Bonchev–Trinajstić information content (AvgIpc) is 3.79. The molecule has 0 radical (unpaired) electrons. The van der Waals surface area contributed by atoms with Crippen LogP contribution in [0.5, 0.6) is 0 Å². The highest BCUT2D eigenvalue weighted by atomic mass is 16.5. The van der Waals surface area contributed by atoms with Gasteiger partial charge in [0, 0.05) is 44.0 Å². The van der Waals surface area contributed by atoms with E-state index in [1.807, 2.05) is 104 Å². The largest absolute Gasteiger partial charge is 0.378 e. The Morgan fingerprint density at radius 2 is 1.22 bits per heavy atom. The molecule has 1 aliphatic rings. The lowest BCUT2D eigenvalue weighted by Crippen LogP contribution is -2.30. The number of benzene rings is 3. The lowest BCUT2D eigenvalue weighted by Gasteiger charge is -2.21. The molecular formula is C36H39N5O4. The Hall–Kier alpha value is -5.18. The van der Waals surface area contributed by atoms with Crippen LogP contribution in [0.4, 0.5) is 5.69 Å². The number of amides is 2. The first-order valence-corrected chi connectivity index (χ1v) is 15.3. The molecule has 9 heteroatoms. The molecule has 0 saturated heterocycles. The van der Waals surface area contributed by atoms with Crippen molar-refractivity contribution in [1.82, 2.24) is 20.9 Å². The molecule has 9 nitrogen and oxygen atoms in total. The fourth-order valence-corrected chi connectivity index (χ4v) is 5.31. The Kier molecular flexibility index (Phi) is 10.8. The molecular weight excluding hydrogens is 566 g/mol. The van der Waals surface area contributed by atoms with Gasteiger partial charge in [-0.1, -0.05) is 102 Å². The van der Waals surface area contributed by atoms with Crippen molar-refractivity contribution in [3.8, 4) is 22.6 Å². The lowest BCUT2D eigenvalue weighted by molar-refractivity contribution is 0.0938. The Morgan fingerprint density at radius 1 is 0.711 bits per heavy atom. The summed E-state index contributed by atoms with van der Waals surface area (Å²) in [6.07, 6.45) is 9.27. The van der Waals surface area contributed by atoms with E-state index in [2.05, 4.69) is 20.9 Å². The van der Waals surface area contributed by atoms with Crippen LogP contribution in [0.1, 0.15) is 58.4 Å². The van der Waals surface area contributed by atoms with Crippen LogP contribution in [0, 0.1) is 5.92 Å². The van der Waals surface area contributed by atoms with Crippen molar-refractivity contribution in [1.29, 1.82) is 0 Å². The van der Waals surface area contributed by atoms with Crippen molar-refractivity contribution in [2.75, 3.05) is 25.5 Å². The van der Waals surface area contributed by atoms with E-state index in [-0.39, 0.29) is 11.8 Å². The van der Waals surface area contributed by atoms with Gasteiger partial charge < -0.3 is 24.6 Å². The van der Waals surface area contributed by atoms with Crippen molar-refractivity contribution in [3.63, 3.8) is 0 Å². The molecule has 2 heterocycles. The first-order valence-electron chi connectivity index (χ1n) is 15.3. The number of aromatic nitrogens is 2. The van der Waals surface area contributed by atoms with Crippen molar-refractivity contribution in [2.24, 2.45) is 5.92 Å². The summed E-state index contributed by atoms with van der Waals surface area (Å²) in [5, 5.41) is 13.5. The second kappa shape index (κ2) is 15.5. The number of carbonyl (C=O) groups excluding carboxylic acids is 2. The molecule has 6 rings (SSSR count). The summed E-state index contributed by atoms with van der Waals surface area (Å²) >= 11 is 0. The zero-order valence-electron chi connectivity index (χ0n) is 25.7. The molecule has 45 heavy (non-hydrogen) atoms. The van der Waals surface area contributed by atoms with Crippen LogP contribution >= 0.6 is 0 Å². The summed E-state index contributed by atoms with van der Waals surface area (Å²) in [5.74, 6) is 1.34. The lowest BCUT2D eigenvalue weighted by atomic mass is 9.89. The van der Waals surface area contributed by atoms with Crippen molar-refractivity contribution < 1.29 is 18.6 Å². The normalized spacial score (nSPS) is 12.9. The maximum atomic E-state index is 12.4. The molecule has 2 amide bonds.